The van der Waals surface area contributed by atoms with Crippen molar-refractivity contribution in [1.29, 1.82) is 0 Å². The monoisotopic (exact) mass is 432 g/mol. The van der Waals surface area contributed by atoms with Gasteiger partial charge in [0.1, 0.15) is 5.82 Å². The molecular weight excluding hydrogens is 407 g/mol. The molecule has 0 radical (unpaired) electrons. The van der Waals surface area contributed by atoms with E-state index in [1.54, 1.807) is 24.5 Å². The van der Waals surface area contributed by atoms with E-state index < -0.39 is 11.7 Å². The minimum Gasteiger partial charge on any atom is -0.371 e. The number of pyridine rings is 1. The largest absolute Gasteiger partial charge is 0.371 e. The summed E-state index contributed by atoms with van der Waals surface area (Å²) in [4.78, 5) is 31.5. The maximum Gasteiger partial charge on any atom is 0.254 e. The smallest absolute Gasteiger partial charge is 0.254 e. The van der Waals surface area contributed by atoms with Crippen molar-refractivity contribution in [3.05, 3.63) is 95.6 Å². The Hall–Kier alpha value is -3.74. The molecule has 2 aromatic carbocycles. The first-order chi connectivity index (χ1) is 15.6. The van der Waals surface area contributed by atoms with Crippen LogP contribution < -0.4 is 15.5 Å². The molecule has 1 aromatic heterocycles. The fourth-order valence-corrected chi connectivity index (χ4v) is 3.89. The number of carbonyl (C=O) groups is 2. The zero-order valence-corrected chi connectivity index (χ0v) is 17.6. The molecule has 6 nitrogen and oxygen atoms in total. The van der Waals surface area contributed by atoms with Crippen LogP contribution in [-0.2, 0) is 6.54 Å². The summed E-state index contributed by atoms with van der Waals surface area (Å²) >= 11 is 0. The summed E-state index contributed by atoms with van der Waals surface area (Å²) in [5, 5.41) is 5.89. The second-order valence-electron chi connectivity index (χ2n) is 7.78. The van der Waals surface area contributed by atoms with E-state index in [1.807, 2.05) is 36.4 Å². The van der Waals surface area contributed by atoms with Crippen LogP contribution >= 0.6 is 0 Å². The van der Waals surface area contributed by atoms with Crippen molar-refractivity contribution in [2.45, 2.75) is 25.4 Å². The van der Waals surface area contributed by atoms with E-state index in [2.05, 4.69) is 20.5 Å². The number of aromatic nitrogens is 1. The molecule has 7 heteroatoms. The van der Waals surface area contributed by atoms with Crippen molar-refractivity contribution in [2.75, 3.05) is 18.0 Å². The highest BCUT2D eigenvalue weighted by Gasteiger charge is 2.24. The first-order valence-electron chi connectivity index (χ1n) is 10.7. The molecule has 0 spiro atoms. The van der Waals surface area contributed by atoms with Gasteiger partial charge < -0.3 is 15.5 Å². The third-order valence-electron chi connectivity index (χ3n) is 5.61. The average Bonchev–Trinajstić information content (AvgIpc) is 2.84. The normalized spacial score (nSPS) is 14.1. The Bertz CT molecular complexity index is 1080. The number of para-hydroxylation sites is 1. The van der Waals surface area contributed by atoms with Crippen LogP contribution in [0.2, 0.25) is 0 Å². The Kier molecular flexibility index (Phi) is 6.75. The summed E-state index contributed by atoms with van der Waals surface area (Å²) in [6.45, 7) is 1.79. The van der Waals surface area contributed by atoms with Gasteiger partial charge in [0, 0.05) is 43.8 Å². The number of nitrogens with one attached hydrogen (secondary N) is 2. The number of carbonyl (C=O) groups excluding carboxylic acids is 2. The third-order valence-corrected chi connectivity index (χ3v) is 5.61. The molecule has 164 valence electrons. The fraction of sp³-hybridized carbons (Fsp3) is 0.240. The maximum absolute atomic E-state index is 13.9. The number of halogens is 1. The molecular formula is C25H25FN4O2. The minimum absolute atomic E-state index is 0.0371. The predicted molar refractivity (Wildman–Crippen MR) is 121 cm³/mol. The Morgan fingerprint density at radius 1 is 0.938 bits per heavy atom. The highest BCUT2D eigenvalue weighted by Crippen LogP contribution is 2.24. The predicted octanol–water partition coefficient (Wildman–Crippen LogP) is 3.55. The molecule has 0 unspecified atom stereocenters. The van der Waals surface area contributed by atoms with E-state index in [0.717, 1.165) is 11.3 Å². The first kappa shape index (κ1) is 21.5. The molecule has 0 saturated carbocycles. The molecule has 2 N–H and O–H groups in total. The van der Waals surface area contributed by atoms with Crippen LogP contribution in [0, 0.1) is 5.82 Å². The van der Waals surface area contributed by atoms with Crippen LogP contribution in [-0.4, -0.2) is 35.9 Å². The van der Waals surface area contributed by atoms with E-state index in [1.165, 1.54) is 12.1 Å². The number of amides is 2. The highest BCUT2D eigenvalue weighted by atomic mass is 19.1. The number of anilines is 1. The van der Waals surface area contributed by atoms with Gasteiger partial charge in [-0.1, -0.05) is 30.3 Å². The third kappa shape index (κ3) is 5.11. The molecule has 3 aromatic rings. The van der Waals surface area contributed by atoms with Crippen LogP contribution in [0.5, 0.6) is 0 Å². The number of hydrogen-bond donors (Lipinski definition) is 2. The van der Waals surface area contributed by atoms with Gasteiger partial charge in [-0.05, 0) is 48.7 Å². The lowest BCUT2D eigenvalue weighted by Crippen LogP contribution is -2.45. The summed E-state index contributed by atoms with van der Waals surface area (Å²) < 4.78 is 13.9. The van der Waals surface area contributed by atoms with Crippen LogP contribution in [0.15, 0.2) is 73.1 Å². The van der Waals surface area contributed by atoms with Crippen molar-refractivity contribution in [3.8, 4) is 0 Å². The molecule has 2 heterocycles. The molecule has 2 amide bonds. The van der Waals surface area contributed by atoms with E-state index in [-0.39, 0.29) is 17.5 Å². The number of rotatable bonds is 6. The van der Waals surface area contributed by atoms with Crippen LogP contribution in [0.3, 0.4) is 0 Å². The minimum atomic E-state index is -0.520. The average molecular weight is 432 g/mol. The summed E-state index contributed by atoms with van der Waals surface area (Å²) in [6, 6.07) is 17.2. The Balaban J connectivity index is 1.36. The van der Waals surface area contributed by atoms with Crippen molar-refractivity contribution >= 4 is 17.5 Å². The first-order valence-corrected chi connectivity index (χ1v) is 10.7. The molecule has 4 rings (SSSR count). The lowest BCUT2D eigenvalue weighted by Gasteiger charge is -2.35. The van der Waals surface area contributed by atoms with Gasteiger partial charge >= 0.3 is 0 Å². The van der Waals surface area contributed by atoms with E-state index >= 15 is 0 Å². The maximum atomic E-state index is 13.9. The number of hydrogen-bond acceptors (Lipinski definition) is 4. The second-order valence-corrected chi connectivity index (χ2v) is 7.78. The van der Waals surface area contributed by atoms with Crippen molar-refractivity contribution in [2.24, 2.45) is 0 Å². The van der Waals surface area contributed by atoms with E-state index in [4.69, 9.17) is 0 Å². The molecule has 1 aliphatic rings. The summed E-state index contributed by atoms with van der Waals surface area (Å²) in [5.74, 6) is -1.05. The molecule has 0 aliphatic carbocycles. The van der Waals surface area contributed by atoms with Crippen molar-refractivity contribution in [1.82, 2.24) is 15.6 Å². The van der Waals surface area contributed by atoms with Crippen LogP contribution in [0.25, 0.3) is 0 Å². The second kappa shape index (κ2) is 10.0. The summed E-state index contributed by atoms with van der Waals surface area (Å²) in [6.07, 6.45) is 4.85. The molecule has 1 aliphatic heterocycles. The van der Waals surface area contributed by atoms with Gasteiger partial charge in [-0.15, -0.1) is 0 Å². The van der Waals surface area contributed by atoms with Gasteiger partial charge in [0.25, 0.3) is 11.8 Å². The highest BCUT2D eigenvalue weighted by molar-refractivity contribution is 5.99. The zero-order chi connectivity index (χ0) is 22.3. The number of nitrogens with zero attached hydrogens (tertiary/aromatic N) is 2. The van der Waals surface area contributed by atoms with Gasteiger partial charge in [0.2, 0.25) is 0 Å². The molecule has 32 heavy (non-hydrogen) atoms. The van der Waals surface area contributed by atoms with Gasteiger partial charge in [-0.3, -0.25) is 14.6 Å². The lowest BCUT2D eigenvalue weighted by atomic mass is 10.0. The van der Waals surface area contributed by atoms with E-state index in [0.29, 0.717) is 38.0 Å². The van der Waals surface area contributed by atoms with Gasteiger partial charge in [0.05, 0.1) is 11.1 Å². The van der Waals surface area contributed by atoms with Gasteiger partial charge in [-0.2, -0.15) is 0 Å². The Labute approximate surface area is 186 Å². The number of benzene rings is 2. The molecule has 0 bridgehead atoms. The van der Waals surface area contributed by atoms with Gasteiger partial charge in [0.15, 0.2) is 0 Å². The zero-order valence-electron chi connectivity index (χ0n) is 17.6. The summed E-state index contributed by atoms with van der Waals surface area (Å²) in [7, 11) is 0. The van der Waals surface area contributed by atoms with E-state index in [9.17, 15) is 14.0 Å². The molecule has 1 saturated heterocycles. The Morgan fingerprint density at radius 2 is 1.66 bits per heavy atom. The molecule has 1 fully saturated rings. The topological polar surface area (TPSA) is 74.3 Å². The lowest BCUT2D eigenvalue weighted by molar-refractivity contribution is 0.0925. The van der Waals surface area contributed by atoms with Crippen LogP contribution in [0.1, 0.15) is 39.1 Å². The number of piperidine rings is 1. The fourth-order valence-electron chi connectivity index (χ4n) is 3.89. The molecule has 0 atom stereocenters. The van der Waals surface area contributed by atoms with Crippen molar-refractivity contribution in [3.63, 3.8) is 0 Å². The van der Waals surface area contributed by atoms with Crippen LogP contribution in [0.4, 0.5) is 10.1 Å². The quantitative estimate of drug-likeness (QED) is 0.625. The SMILES string of the molecule is O=C(NC1CCN(c2ccccc2C(=O)NCc2cccnc2)CC1)c1ccccc1F. The van der Waals surface area contributed by atoms with Gasteiger partial charge in [-0.25, -0.2) is 4.39 Å². The summed E-state index contributed by atoms with van der Waals surface area (Å²) in [5.41, 5.74) is 2.48. The standard InChI is InChI=1S/C25H25FN4O2/c26-22-9-3-1-7-20(22)25(32)29-19-11-14-30(15-12-19)23-10-4-2-8-21(23)24(31)28-17-18-6-5-13-27-16-18/h1-10,13,16,19H,11-12,14-15,17H2,(H,28,31)(H,29,32). The van der Waals surface area contributed by atoms with Crippen molar-refractivity contribution < 1.29 is 14.0 Å². The Morgan fingerprint density at radius 3 is 2.38 bits per heavy atom.